The molecule has 7 nitrogen and oxygen atoms in total. The minimum Gasteiger partial charge on any atom is -0.382 e. The van der Waals surface area contributed by atoms with Crippen LogP contribution < -0.4 is 5.32 Å². The van der Waals surface area contributed by atoms with E-state index in [1.807, 2.05) is 20.0 Å². The van der Waals surface area contributed by atoms with Gasteiger partial charge in [-0.15, -0.1) is 0 Å². The van der Waals surface area contributed by atoms with Gasteiger partial charge in [0.05, 0.1) is 30.5 Å². The Bertz CT molecular complexity index is 576. The summed E-state index contributed by atoms with van der Waals surface area (Å²) in [7, 11) is 3.42. The fraction of sp³-hybridized carbons (Fsp3) is 0.462. The fourth-order valence-corrected chi connectivity index (χ4v) is 2.00. The van der Waals surface area contributed by atoms with Crippen molar-refractivity contribution in [2.24, 2.45) is 7.05 Å². The molecule has 7 heteroatoms. The Morgan fingerprint density at radius 2 is 2.40 bits per heavy atom. The molecule has 0 saturated heterocycles. The molecule has 2 rings (SSSR count). The third kappa shape index (κ3) is 3.45. The summed E-state index contributed by atoms with van der Waals surface area (Å²) < 4.78 is 11.9. The second kappa shape index (κ2) is 6.33. The lowest BCUT2D eigenvalue weighted by Gasteiger charge is -2.17. The quantitative estimate of drug-likeness (QED) is 0.843. The SMILES string of the molecule is COC[C@H](NC(=O)Cc1cc(C)no1)c1ccnn1C. The first-order chi connectivity index (χ1) is 9.60. The Balaban J connectivity index is 2.01. The molecule has 2 heterocycles. The number of ether oxygens (including phenoxy) is 1. The van der Waals surface area contributed by atoms with E-state index in [0.717, 1.165) is 11.4 Å². The van der Waals surface area contributed by atoms with E-state index in [1.54, 1.807) is 24.1 Å². The highest BCUT2D eigenvalue weighted by Crippen LogP contribution is 2.12. The van der Waals surface area contributed by atoms with Crippen molar-refractivity contribution in [3.63, 3.8) is 0 Å². The standard InChI is InChI=1S/C13H18N4O3/c1-9-6-10(20-16-9)7-13(18)15-11(8-19-3)12-4-5-14-17(12)2/h4-6,11H,7-8H2,1-3H3,(H,15,18)/t11-/m0/s1. The highest BCUT2D eigenvalue weighted by atomic mass is 16.5. The number of nitrogens with one attached hydrogen (secondary N) is 1. The number of aromatic nitrogens is 3. The topological polar surface area (TPSA) is 82.2 Å². The molecule has 1 N–H and O–H groups in total. The van der Waals surface area contributed by atoms with Gasteiger partial charge in [0, 0.05) is 26.4 Å². The molecule has 0 radical (unpaired) electrons. The number of aryl methyl sites for hydroxylation is 2. The van der Waals surface area contributed by atoms with Gasteiger partial charge in [-0.05, 0) is 13.0 Å². The number of nitrogens with zero attached hydrogens (tertiary/aromatic N) is 3. The summed E-state index contributed by atoms with van der Waals surface area (Å²) in [5.74, 6) is 0.394. The number of amides is 1. The minimum absolute atomic E-state index is 0.149. The van der Waals surface area contributed by atoms with Gasteiger partial charge in [-0.3, -0.25) is 9.48 Å². The van der Waals surface area contributed by atoms with Gasteiger partial charge in [0.25, 0.3) is 0 Å². The van der Waals surface area contributed by atoms with Crippen LogP contribution >= 0.6 is 0 Å². The van der Waals surface area contributed by atoms with E-state index in [4.69, 9.17) is 9.26 Å². The predicted octanol–water partition coefficient (Wildman–Crippen LogP) is 0.763. The number of hydrogen-bond donors (Lipinski definition) is 1. The number of hydrogen-bond acceptors (Lipinski definition) is 5. The molecule has 1 amide bonds. The minimum atomic E-state index is -0.246. The molecule has 108 valence electrons. The number of carbonyl (C=O) groups excluding carboxylic acids is 1. The number of rotatable bonds is 6. The fourth-order valence-electron chi connectivity index (χ4n) is 2.00. The first-order valence-electron chi connectivity index (χ1n) is 6.28. The smallest absolute Gasteiger partial charge is 0.228 e. The van der Waals surface area contributed by atoms with Crippen LogP contribution in [0.1, 0.15) is 23.2 Å². The van der Waals surface area contributed by atoms with Crippen LogP contribution in [0.25, 0.3) is 0 Å². The van der Waals surface area contributed by atoms with E-state index in [-0.39, 0.29) is 18.4 Å². The molecule has 0 spiro atoms. The summed E-state index contributed by atoms with van der Waals surface area (Å²) in [6.45, 7) is 2.19. The zero-order chi connectivity index (χ0) is 14.5. The van der Waals surface area contributed by atoms with Gasteiger partial charge in [-0.25, -0.2) is 0 Å². The molecule has 0 aliphatic rings. The van der Waals surface area contributed by atoms with Gasteiger partial charge in [0.1, 0.15) is 5.76 Å². The lowest BCUT2D eigenvalue weighted by Crippen LogP contribution is -2.33. The zero-order valence-electron chi connectivity index (χ0n) is 11.8. The van der Waals surface area contributed by atoms with Crippen molar-refractivity contribution in [1.82, 2.24) is 20.3 Å². The van der Waals surface area contributed by atoms with Crippen LogP contribution in [0, 0.1) is 6.92 Å². The largest absolute Gasteiger partial charge is 0.382 e. The van der Waals surface area contributed by atoms with Crippen molar-refractivity contribution in [1.29, 1.82) is 0 Å². The molecule has 0 aromatic carbocycles. The molecule has 1 atom stereocenters. The Kier molecular flexibility index (Phi) is 4.52. The maximum atomic E-state index is 12.0. The van der Waals surface area contributed by atoms with Crippen molar-refractivity contribution in [3.8, 4) is 0 Å². The van der Waals surface area contributed by atoms with Crippen LogP contribution in [0.15, 0.2) is 22.9 Å². The Labute approximate surface area is 116 Å². The zero-order valence-corrected chi connectivity index (χ0v) is 11.8. The number of carbonyl (C=O) groups is 1. The highest BCUT2D eigenvalue weighted by molar-refractivity contribution is 5.78. The lowest BCUT2D eigenvalue weighted by molar-refractivity contribution is -0.121. The molecule has 0 aliphatic heterocycles. The second-order valence-corrected chi connectivity index (χ2v) is 4.57. The van der Waals surface area contributed by atoms with Crippen LogP contribution in [0.2, 0.25) is 0 Å². The van der Waals surface area contributed by atoms with Crippen LogP contribution in [0.5, 0.6) is 0 Å². The van der Waals surface area contributed by atoms with E-state index in [2.05, 4.69) is 15.6 Å². The summed E-state index contributed by atoms with van der Waals surface area (Å²) in [6.07, 6.45) is 1.84. The van der Waals surface area contributed by atoms with Gasteiger partial charge in [-0.2, -0.15) is 5.10 Å². The summed E-state index contributed by atoms with van der Waals surface area (Å²) in [4.78, 5) is 12.0. The van der Waals surface area contributed by atoms with Gasteiger partial charge < -0.3 is 14.6 Å². The Morgan fingerprint density at radius 1 is 1.60 bits per heavy atom. The van der Waals surface area contributed by atoms with Crippen LogP contribution in [-0.4, -0.2) is 34.6 Å². The molecule has 0 unspecified atom stereocenters. The van der Waals surface area contributed by atoms with Gasteiger partial charge in [-0.1, -0.05) is 5.16 Å². The average molecular weight is 278 g/mol. The predicted molar refractivity (Wildman–Crippen MR) is 70.9 cm³/mol. The van der Waals surface area contributed by atoms with Gasteiger partial charge >= 0.3 is 0 Å². The molecule has 2 aromatic heterocycles. The van der Waals surface area contributed by atoms with E-state index in [0.29, 0.717) is 12.4 Å². The second-order valence-electron chi connectivity index (χ2n) is 4.57. The maximum absolute atomic E-state index is 12.0. The lowest BCUT2D eigenvalue weighted by atomic mass is 10.2. The first kappa shape index (κ1) is 14.3. The third-order valence-corrected chi connectivity index (χ3v) is 2.90. The summed E-state index contributed by atoms with van der Waals surface area (Å²) in [5.41, 5.74) is 1.64. The summed E-state index contributed by atoms with van der Waals surface area (Å²) in [6, 6.07) is 3.35. The van der Waals surface area contributed by atoms with Gasteiger partial charge in [0.15, 0.2) is 0 Å². The molecular formula is C13H18N4O3. The first-order valence-corrected chi connectivity index (χ1v) is 6.28. The van der Waals surface area contributed by atoms with E-state index < -0.39 is 0 Å². The molecule has 0 aliphatic carbocycles. The van der Waals surface area contributed by atoms with Crippen molar-refractivity contribution in [2.75, 3.05) is 13.7 Å². The van der Waals surface area contributed by atoms with Crippen LogP contribution in [-0.2, 0) is 23.0 Å². The van der Waals surface area contributed by atoms with Gasteiger partial charge in [0.2, 0.25) is 5.91 Å². The number of methoxy groups -OCH3 is 1. The van der Waals surface area contributed by atoms with Crippen molar-refractivity contribution in [3.05, 3.63) is 35.5 Å². The Morgan fingerprint density at radius 3 is 2.95 bits per heavy atom. The summed E-state index contributed by atoms with van der Waals surface area (Å²) >= 11 is 0. The third-order valence-electron chi connectivity index (χ3n) is 2.90. The highest BCUT2D eigenvalue weighted by Gasteiger charge is 2.18. The normalized spacial score (nSPS) is 12.3. The van der Waals surface area contributed by atoms with E-state index in [9.17, 15) is 4.79 Å². The van der Waals surface area contributed by atoms with Crippen LogP contribution in [0.3, 0.4) is 0 Å². The Hall–Kier alpha value is -2.15. The van der Waals surface area contributed by atoms with E-state index in [1.165, 1.54) is 0 Å². The van der Waals surface area contributed by atoms with Crippen LogP contribution in [0.4, 0.5) is 0 Å². The molecular weight excluding hydrogens is 260 g/mol. The monoisotopic (exact) mass is 278 g/mol. The summed E-state index contributed by atoms with van der Waals surface area (Å²) in [5, 5.41) is 10.8. The van der Waals surface area contributed by atoms with Crippen molar-refractivity contribution >= 4 is 5.91 Å². The molecule has 0 saturated carbocycles. The molecule has 2 aromatic rings. The average Bonchev–Trinajstić information content (AvgIpc) is 2.98. The molecule has 20 heavy (non-hydrogen) atoms. The van der Waals surface area contributed by atoms with Crippen molar-refractivity contribution < 1.29 is 14.1 Å². The molecule has 0 bridgehead atoms. The molecule has 0 fully saturated rings. The van der Waals surface area contributed by atoms with Crippen molar-refractivity contribution in [2.45, 2.75) is 19.4 Å². The van der Waals surface area contributed by atoms with E-state index >= 15 is 0 Å². The maximum Gasteiger partial charge on any atom is 0.228 e.